The van der Waals surface area contributed by atoms with Crippen LogP contribution in [0.5, 0.6) is 0 Å². The predicted molar refractivity (Wildman–Crippen MR) is 80.0 cm³/mol. The van der Waals surface area contributed by atoms with E-state index in [1.807, 2.05) is 19.9 Å². The van der Waals surface area contributed by atoms with Crippen molar-refractivity contribution >= 4 is 27.7 Å². The number of hydrazine groups is 1. The molecule has 20 heavy (non-hydrogen) atoms. The van der Waals surface area contributed by atoms with E-state index in [1.54, 1.807) is 18.2 Å². The fraction of sp³-hybridized carbons (Fsp3) is 0.429. The summed E-state index contributed by atoms with van der Waals surface area (Å²) in [6, 6.07) is 6.99. The van der Waals surface area contributed by atoms with E-state index < -0.39 is 0 Å². The van der Waals surface area contributed by atoms with Gasteiger partial charge in [0, 0.05) is 11.1 Å². The van der Waals surface area contributed by atoms with Crippen molar-refractivity contribution in [3.05, 3.63) is 34.3 Å². The lowest BCUT2D eigenvalue weighted by Gasteiger charge is -2.09. The van der Waals surface area contributed by atoms with Crippen LogP contribution in [0.15, 0.2) is 28.7 Å². The Labute approximate surface area is 127 Å². The predicted octanol–water partition coefficient (Wildman–Crippen LogP) is 2.27. The van der Waals surface area contributed by atoms with Crippen molar-refractivity contribution < 1.29 is 14.3 Å². The van der Waals surface area contributed by atoms with Crippen LogP contribution >= 0.6 is 15.9 Å². The van der Waals surface area contributed by atoms with Crippen molar-refractivity contribution in [1.29, 1.82) is 0 Å². The molecule has 0 unspecified atom stereocenters. The molecule has 2 amide bonds. The largest absolute Gasteiger partial charge is 0.381 e. The van der Waals surface area contributed by atoms with Crippen molar-refractivity contribution in [1.82, 2.24) is 10.9 Å². The second-order valence-electron chi connectivity index (χ2n) is 4.70. The van der Waals surface area contributed by atoms with Crippen LogP contribution in [0.3, 0.4) is 0 Å². The summed E-state index contributed by atoms with van der Waals surface area (Å²) in [5.74, 6) is -0.212. The van der Waals surface area contributed by atoms with Gasteiger partial charge in [-0.25, -0.2) is 0 Å². The zero-order chi connectivity index (χ0) is 15.0. The molecule has 0 bridgehead atoms. The van der Waals surface area contributed by atoms with Crippen LogP contribution in [-0.4, -0.2) is 25.0 Å². The lowest BCUT2D eigenvalue weighted by Crippen LogP contribution is -2.42. The Hall–Kier alpha value is -1.40. The molecule has 1 rings (SSSR count). The average Bonchev–Trinajstić information content (AvgIpc) is 2.41. The first-order chi connectivity index (χ1) is 9.50. The molecule has 0 aliphatic carbocycles. The molecule has 0 heterocycles. The summed E-state index contributed by atoms with van der Waals surface area (Å²) in [7, 11) is 0. The van der Waals surface area contributed by atoms with E-state index in [0.717, 1.165) is 0 Å². The molecule has 0 saturated carbocycles. The molecular weight excluding hydrogens is 324 g/mol. The SMILES string of the molecule is CC(C)COCCC(=O)NNC(=O)c1ccccc1Br. The van der Waals surface area contributed by atoms with Gasteiger partial charge in [0.05, 0.1) is 18.6 Å². The monoisotopic (exact) mass is 342 g/mol. The zero-order valence-electron chi connectivity index (χ0n) is 11.6. The van der Waals surface area contributed by atoms with Crippen molar-refractivity contribution in [2.45, 2.75) is 20.3 Å². The van der Waals surface area contributed by atoms with Crippen molar-refractivity contribution in [2.75, 3.05) is 13.2 Å². The maximum absolute atomic E-state index is 11.8. The number of rotatable bonds is 6. The molecule has 0 aliphatic heterocycles. The second kappa shape index (κ2) is 8.71. The molecule has 0 saturated heterocycles. The summed E-state index contributed by atoms with van der Waals surface area (Å²) in [6.07, 6.45) is 0.211. The van der Waals surface area contributed by atoms with Crippen molar-refractivity contribution in [2.24, 2.45) is 5.92 Å². The van der Waals surface area contributed by atoms with E-state index in [0.29, 0.717) is 29.2 Å². The van der Waals surface area contributed by atoms with Crippen LogP contribution in [0.2, 0.25) is 0 Å². The number of carbonyl (C=O) groups excluding carboxylic acids is 2. The van der Waals surface area contributed by atoms with E-state index in [1.165, 1.54) is 0 Å². The average molecular weight is 343 g/mol. The minimum atomic E-state index is -0.367. The summed E-state index contributed by atoms with van der Waals surface area (Å²) < 4.78 is 5.97. The lowest BCUT2D eigenvalue weighted by molar-refractivity contribution is -0.123. The van der Waals surface area contributed by atoms with Crippen LogP contribution in [0, 0.1) is 5.92 Å². The standard InChI is InChI=1S/C14H19BrN2O3/c1-10(2)9-20-8-7-13(18)16-17-14(19)11-5-3-4-6-12(11)15/h3-6,10H,7-9H2,1-2H3,(H,16,18)(H,17,19). The van der Waals surface area contributed by atoms with E-state index in [4.69, 9.17) is 4.74 Å². The third-order valence-electron chi connectivity index (χ3n) is 2.36. The number of benzene rings is 1. The Bertz CT molecular complexity index is 463. The molecule has 0 radical (unpaired) electrons. The number of carbonyl (C=O) groups is 2. The molecule has 1 aromatic carbocycles. The number of hydrogen-bond acceptors (Lipinski definition) is 3. The van der Waals surface area contributed by atoms with Gasteiger partial charge in [-0.2, -0.15) is 0 Å². The first-order valence-corrected chi connectivity index (χ1v) is 7.21. The second-order valence-corrected chi connectivity index (χ2v) is 5.56. The summed E-state index contributed by atoms with van der Waals surface area (Å²) in [5.41, 5.74) is 5.18. The van der Waals surface area contributed by atoms with Crippen molar-refractivity contribution in [3.8, 4) is 0 Å². The number of ether oxygens (including phenoxy) is 1. The lowest BCUT2D eigenvalue weighted by atomic mass is 10.2. The number of hydrogen-bond donors (Lipinski definition) is 2. The van der Waals surface area contributed by atoms with E-state index >= 15 is 0 Å². The van der Waals surface area contributed by atoms with E-state index in [9.17, 15) is 9.59 Å². The highest BCUT2D eigenvalue weighted by molar-refractivity contribution is 9.10. The topological polar surface area (TPSA) is 67.4 Å². The maximum atomic E-state index is 11.8. The molecule has 110 valence electrons. The molecule has 2 N–H and O–H groups in total. The van der Waals surface area contributed by atoms with Gasteiger partial charge in [-0.05, 0) is 34.0 Å². The summed E-state index contributed by atoms with van der Waals surface area (Å²) >= 11 is 3.28. The maximum Gasteiger partial charge on any atom is 0.270 e. The van der Waals surface area contributed by atoms with Gasteiger partial charge in [-0.1, -0.05) is 26.0 Å². The van der Waals surface area contributed by atoms with Gasteiger partial charge in [-0.3, -0.25) is 20.4 Å². The third-order valence-corrected chi connectivity index (χ3v) is 3.05. The summed E-state index contributed by atoms with van der Waals surface area (Å²) in [6.45, 7) is 5.04. The summed E-state index contributed by atoms with van der Waals surface area (Å²) in [5, 5.41) is 0. The fourth-order valence-electron chi connectivity index (χ4n) is 1.39. The first kappa shape index (κ1) is 16.7. The Balaban J connectivity index is 2.27. The molecule has 0 spiro atoms. The zero-order valence-corrected chi connectivity index (χ0v) is 13.2. The number of nitrogens with one attached hydrogen (secondary N) is 2. The van der Waals surface area contributed by atoms with Crippen LogP contribution in [0.1, 0.15) is 30.6 Å². The minimum absolute atomic E-state index is 0.211. The highest BCUT2D eigenvalue weighted by Crippen LogP contribution is 2.15. The Morgan fingerprint density at radius 2 is 1.95 bits per heavy atom. The number of amides is 2. The van der Waals surface area contributed by atoms with Gasteiger partial charge in [0.2, 0.25) is 5.91 Å². The van der Waals surface area contributed by atoms with Gasteiger partial charge in [0.25, 0.3) is 5.91 Å². The molecular formula is C14H19BrN2O3. The molecule has 0 fully saturated rings. The van der Waals surface area contributed by atoms with Gasteiger partial charge in [0.1, 0.15) is 0 Å². The molecule has 5 nitrogen and oxygen atoms in total. The Morgan fingerprint density at radius 3 is 2.60 bits per heavy atom. The normalized spacial score (nSPS) is 10.4. The highest BCUT2D eigenvalue weighted by atomic mass is 79.9. The van der Waals surface area contributed by atoms with Gasteiger partial charge < -0.3 is 4.74 Å². The minimum Gasteiger partial charge on any atom is -0.381 e. The quantitative estimate of drug-likeness (QED) is 0.615. The first-order valence-electron chi connectivity index (χ1n) is 6.42. The van der Waals surface area contributed by atoms with Crippen LogP contribution in [0.25, 0.3) is 0 Å². The summed E-state index contributed by atoms with van der Waals surface area (Å²) in [4.78, 5) is 23.3. The molecule has 6 heteroatoms. The van der Waals surface area contributed by atoms with Gasteiger partial charge in [-0.15, -0.1) is 0 Å². The van der Waals surface area contributed by atoms with E-state index in [2.05, 4.69) is 26.8 Å². The van der Waals surface area contributed by atoms with Gasteiger partial charge >= 0.3 is 0 Å². The van der Waals surface area contributed by atoms with E-state index in [-0.39, 0.29) is 18.2 Å². The molecule has 0 aromatic heterocycles. The van der Waals surface area contributed by atoms with Crippen LogP contribution in [0.4, 0.5) is 0 Å². The van der Waals surface area contributed by atoms with Gasteiger partial charge in [0.15, 0.2) is 0 Å². The third kappa shape index (κ3) is 6.16. The Morgan fingerprint density at radius 1 is 1.25 bits per heavy atom. The smallest absolute Gasteiger partial charge is 0.270 e. The van der Waals surface area contributed by atoms with Crippen molar-refractivity contribution in [3.63, 3.8) is 0 Å². The highest BCUT2D eigenvalue weighted by Gasteiger charge is 2.10. The van der Waals surface area contributed by atoms with Crippen LogP contribution < -0.4 is 10.9 Å². The molecule has 0 aliphatic rings. The number of halogens is 1. The Kier molecular flexibility index (Phi) is 7.25. The molecule has 1 aromatic rings. The van der Waals surface area contributed by atoms with Crippen LogP contribution in [-0.2, 0) is 9.53 Å². The fourth-order valence-corrected chi connectivity index (χ4v) is 1.85. The molecule has 0 atom stereocenters.